The van der Waals surface area contributed by atoms with Crippen molar-refractivity contribution >= 4 is 29.4 Å². The maximum Gasteiger partial charge on any atom is 0.407 e. The van der Waals surface area contributed by atoms with Crippen molar-refractivity contribution in [2.75, 3.05) is 7.05 Å². The van der Waals surface area contributed by atoms with Gasteiger partial charge in [0.15, 0.2) is 18.8 Å². The zero-order valence-electron chi connectivity index (χ0n) is 29.2. The van der Waals surface area contributed by atoms with E-state index in [9.17, 15) is 19.5 Å². The summed E-state index contributed by atoms with van der Waals surface area (Å²) in [6.07, 6.45) is 1.75. The number of alkyl carbamates (subject to hydrolysis) is 1. The first-order valence-corrected chi connectivity index (χ1v) is 17.7. The number of nitrogens with one attached hydrogen (secondary N) is 3. The van der Waals surface area contributed by atoms with Gasteiger partial charge in [-0.2, -0.15) is 0 Å². The second-order valence-corrected chi connectivity index (χ2v) is 13.9. The van der Waals surface area contributed by atoms with Crippen LogP contribution in [0.4, 0.5) is 9.59 Å². The lowest BCUT2D eigenvalue weighted by Gasteiger charge is -2.30. The van der Waals surface area contributed by atoms with E-state index in [2.05, 4.69) is 39.8 Å². The number of oxazole rings is 1. The minimum Gasteiger partial charge on any atom is -0.445 e. The highest BCUT2D eigenvalue weighted by Crippen LogP contribution is 2.20. The summed E-state index contributed by atoms with van der Waals surface area (Å²) in [5.41, 5.74) is 2.65. The van der Waals surface area contributed by atoms with Crippen molar-refractivity contribution in [3.05, 3.63) is 106 Å². The first kappa shape index (κ1) is 38.1. The second kappa shape index (κ2) is 18.9. The van der Waals surface area contributed by atoms with Crippen molar-refractivity contribution in [1.29, 1.82) is 0 Å². The predicted molar refractivity (Wildman–Crippen MR) is 191 cm³/mol. The van der Waals surface area contributed by atoms with Gasteiger partial charge < -0.3 is 35.1 Å². The molecule has 2 aromatic heterocycles. The number of ether oxygens (including phenoxy) is 1. The van der Waals surface area contributed by atoms with Crippen LogP contribution in [0.25, 0.3) is 0 Å². The predicted octanol–water partition coefficient (Wildman–Crippen LogP) is 5.44. The van der Waals surface area contributed by atoms with Crippen molar-refractivity contribution in [1.82, 2.24) is 30.8 Å². The summed E-state index contributed by atoms with van der Waals surface area (Å²) in [6, 6.07) is 16.6. The highest BCUT2D eigenvalue weighted by Gasteiger charge is 2.31. The molecular formula is C37H48N6O6S. The third kappa shape index (κ3) is 12.0. The van der Waals surface area contributed by atoms with Crippen LogP contribution in [-0.4, -0.2) is 69.3 Å². The maximum atomic E-state index is 13.9. The summed E-state index contributed by atoms with van der Waals surface area (Å²) in [5, 5.41) is 23.4. The Balaban J connectivity index is 1.46. The molecule has 0 saturated heterocycles. The number of carbonyl (C=O) groups is 3. The monoisotopic (exact) mass is 704 g/mol. The molecule has 2 heterocycles. The van der Waals surface area contributed by atoms with Crippen molar-refractivity contribution in [2.45, 2.75) is 90.3 Å². The molecule has 4 aromatic rings. The number of aromatic nitrogens is 2. The number of amides is 4. The Kier molecular flexibility index (Phi) is 14.4. The molecule has 4 N–H and O–H groups in total. The van der Waals surface area contributed by atoms with Gasteiger partial charge in [0.2, 0.25) is 5.91 Å². The number of aliphatic hydroxyl groups excluding tert-OH is 1. The Hall–Kier alpha value is -4.75. The molecule has 0 aliphatic carbocycles. The molecule has 50 heavy (non-hydrogen) atoms. The van der Waals surface area contributed by atoms with Crippen LogP contribution >= 0.6 is 11.3 Å². The average molecular weight is 705 g/mol. The van der Waals surface area contributed by atoms with Crippen molar-refractivity contribution < 1.29 is 28.6 Å². The summed E-state index contributed by atoms with van der Waals surface area (Å²) >= 11 is 1.56. The van der Waals surface area contributed by atoms with Gasteiger partial charge in [-0.25, -0.2) is 19.6 Å². The first-order chi connectivity index (χ1) is 24.0. The molecule has 2 aromatic carbocycles. The van der Waals surface area contributed by atoms with Crippen LogP contribution in [0.2, 0.25) is 0 Å². The van der Waals surface area contributed by atoms with Crippen LogP contribution < -0.4 is 16.0 Å². The summed E-state index contributed by atoms with van der Waals surface area (Å²) in [7, 11) is 1.67. The van der Waals surface area contributed by atoms with Gasteiger partial charge in [-0.05, 0) is 36.3 Å². The Labute approximate surface area is 297 Å². The Bertz CT molecular complexity index is 1620. The Morgan fingerprint density at radius 3 is 2.18 bits per heavy atom. The van der Waals surface area contributed by atoms with Crippen LogP contribution in [0.15, 0.2) is 83.1 Å². The first-order valence-electron chi connectivity index (χ1n) is 16.8. The quantitative estimate of drug-likeness (QED) is 0.113. The van der Waals surface area contributed by atoms with Crippen LogP contribution in [-0.2, 0) is 35.5 Å². The fraction of sp³-hybridized carbons (Fsp3) is 0.432. The summed E-state index contributed by atoms with van der Waals surface area (Å²) in [4.78, 5) is 49.9. The summed E-state index contributed by atoms with van der Waals surface area (Å²) < 4.78 is 10.5. The van der Waals surface area contributed by atoms with Crippen molar-refractivity contribution in [3.63, 3.8) is 0 Å². The molecule has 12 nitrogen and oxygen atoms in total. The van der Waals surface area contributed by atoms with E-state index >= 15 is 0 Å². The molecule has 4 atom stereocenters. The van der Waals surface area contributed by atoms with E-state index in [0.717, 1.165) is 21.8 Å². The van der Waals surface area contributed by atoms with E-state index in [0.29, 0.717) is 31.1 Å². The molecule has 0 aliphatic rings. The van der Waals surface area contributed by atoms with Crippen LogP contribution in [0, 0.1) is 5.92 Å². The number of thiazole rings is 1. The van der Waals surface area contributed by atoms with E-state index < -0.39 is 36.4 Å². The summed E-state index contributed by atoms with van der Waals surface area (Å²) in [6.45, 7) is 8.07. The number of rotatable bonds is 17. The number of carbonyl (C=O) groups excluding carboxylic acids is 3. The maximum absolute atomic E-state index is 13.9. The fourth-order valence-corrected chi connectivity index (χ4v) is 6.21. The highest BCUT2D eigenvalue weighted by atomic mass is 32.1. The zero-order chi connectivity index (χ0) is 36.0. The number of urea groups is 1. The zero-order valence-corrected chi connectivity index (χ0v) is 30.1. The number of nitrogens with zero attached hydrogens (tertiary/aromatic N) is 3. The molecule has 0 fully saturated rings. The lowest BCUT2D eigenvalue weighted by molar-refractivity contribution is -0.124. The third-order valence-electron chi connectivity index (χ3n) is 8.13. The average Bonchev–Trinajstić information content (AvgIpc) is 3.79. The molecule has 4 amide bonds. The van der Waals surface area contributed by atoms with Gasteiger partial charge >= 0.3 is 12.1 Å². The molecule has 0 spiro atoms. The number of aliphatic hydroxyl groups is 1. The van der Waals surface area contributed by atoms with Crippen LogP contribution in [0.5, 0.6) is 0 Å². The van der Waals surface area contributed by atoms with Crippen LogP contribution in [0.3, 0.4) is 0 Å². The minimum atomic E-state index is -1.07. The van der Waals surface area contributed by atoms with Gasteiger partial charge in [0.1, 0.15) is 6.04 Å². The van der Waals surface area contributed by atoms with Gasteiger partial charge in [0.05, 0.1) is 35.6 Å². The van der Waals surface area contributed by atoms with Gasteiger partial charge in [0.25, 0.3) is 0 Å². The lowest BCUT2D eigenvalue weighted by Crippen LogP contribution is -2.55. The number of benzene rings is 2. The Morgan fingerprint density at radius 1 is 0.940 bits per heavy atom. The van der Waals surface area contributed by atoms with E-state index in [1.54, 1.807) is 18.4 Å². The third-order valence-corrected chi connectivity index (χ3v) is 9.32. The van der Waals surface area contributed by atoms with Crippen LogP contribution in [0.1, 0.15) is 67.6 Å². The molecular weight excluding hydrogens is 657 g/mol. The largest absolute Gasteiger partial charge is 0.445 e. The smallest absolute Gasteiger partial charge is 0.407 e. The standard InChI is InChI=1S/C37H48N6O6S/c1-24(2)33(42-36(46)43(5)20-29-22-50-35(40-29)25(3)4)34(45)39-28(16-26-12-8-6-9-13-26)18-32(44)31(17-27-14-10-7-11-15-27)41-37(47)48-21-30-19-38-23-49-30/h6-15,19,22-25,28,31-33,44H,16-18,20-21H2,1-5H3,(H,39,45)(H,41,47)(H,42,46)/t28-,31-,32-,33-/m0/s1. The van der Waals surface area contributed by atoms with Gasteiger partial charge in [0, 0.05) is 24.4 Å². The van der Waals surface area contributed by atoms with Crippen molar-refractivity contribution in [2.24, 2.45) is 5.92 Å². The molecule has 0 bridgehead atoms. The lowest BCUT2D eigenvalue weighted by atomic mass is 9.93. The van der Waals surface area contributed by atoms with E-state index in [1.807, 2.05) is 79.9 Å². The topological polar surface area (TPSA) is 159 Å². The second-order valence-electron chi connectivity index (χ2n) is 13.0. The van der Waals surface area contributed by atoms with Gasteiger partial charge in [-0.15, -0.1) is 11.3 Å². The van der Waals surface area contributed by atoms with Gasteiger partial charge in [-0.3, -0.25) is 4.79 Å². The molecule has 4 rings (SSSR count). The highest BCUT2D eigenvalue weighted by molar-refractivity contribution is 7.09. The van der Waals surface area contributed by atoms with E-state index in [1.165, 1.54) is 17.5 Å². The van der Waals surface area contributed by atoms with Crippen molar-refractivity contribution in [3.8, 4) is 0 Å². The molecule has 0 unspecified atom stereocenters. The number of hydrogen-bond acceptors (Lipinski definition) is 9. The molecule has 268 valence electrons. The van der Waals surface area contributed by atoms with E-state index in [4.69, 9.17) is 9.15 Å². The molecule has 0 saturated carbocycles. The summed E-state index contributed by atoms with van der Waals surface area (Å²) in [5.74, 6) is 0.0812. The fourth-order valence-electron chi connectivity index (χ4n) is 5.39. The molecule has 0 radical (unpaired) electrons. The molecule has 13 heteroatoms. The number of hydrogen-bond donors (Lipinski definition) is 4. The van der Waals surface area contributed by atoms with Gasteiger partial charge in [-0.1, -0.05) is 88.4 Å². The molecule has 0 aliphatic heterocycles. The van der Waals surface area contributed by atoms with E-state index in [-0.39, 0.29) is 24.9 Å². The SMILES string of the molecule is CC(C)c1nc(CN(C)C(=O)N[C@H](C(=O)N[C@@H](Cc2ccccc2)C[C@H](O)[C@H](Cc2ccccc2)NC(=O)OCc2cnco2)C(C)C)cs1. The normalized spacial score (nSPS) is 13.7. The Morgan fingerprint density at radius 2 is 1.60 bits per heavy atom. The minimum absolute atomic E-state index is 0.112.